The molecule has 0 bridgehead atoms. The zero-order chi connectivity index (χ0) is 41.4. The summed E-state index contributed by atoms with van der Waals surface area (Å²) in [6, 6.07) is 0. The van der Waals surface area contributed by atoms with Crippen LogP contribution >= 0.6 is 7.82 Å². The van der Waals surface area contributed by atoms with Gasteiger partial charge in [-0.1, -0.05) is 115 Å². The summed E-state index contributed by atoms with van der Waals surface area (Å²) in [5.41, 5.74) is 0. The van der Waals surface area contributed by atoms with E-state index in [4.69, 9.17) is 19.1 Å². The molecule has 1 aliphatic rings. The molecule has 0 radical (unpaired) electrons. The second-order valence-corrected chi connectivity index (χ2v) is 16.6. The minimum absolute atomic E-state index is 0.0101. The van der Waals surface area contributed by atoms with Crippen LogP contribution in [-0.4, -0.2) is 93.9 Å². The number of phosphoric acid groups is 1. The lowest BCUT2D eigenvalue weighted by Crippen LogP contribution is -2.29. The summed E-state index contributed by atoms with van der Waals surface area (Å²) in [4.78, 5) is 47.6. The van der Waals surface area contributed by atoms with Crippen molar-refractivity contribution in [2.75, 3.05) is 26.4 Å². The summed E-state index contributed by atoms with van der Waals surface area (Å²) in [6.07, 6.45) is 23.4. The van der Waals surface area contributed by atoms with Gasteiger partial charge >= 0.3 is 19.8 Å². The number of phosphoric ester groups is 1. The van der Waals surface area contributed by atoms with Crippen LogP contribution in [0.4, 0.5) is 0 Å². The lowest BCUT2D eigenvalue weighted by Gasteiger charge is -2.20. The Morgan fingerprint density at radius 3 is 2.02 bits per heavy atom. The van der Waals surface area contributed by atoms with Crippen molar-refractivity contribution in [3.05, 3.63) is 24.3 Å². The summed E-state index contributed by atoms with van der Waals surface area (Å²) in [7, 11) is -4.67. The Morgan fingerprint density at radius 2 is 1.36 bits per heavy atom. The second-order valence-electron chi connectivity index (χ2n) is 15.1. The van der Waals surface area contributed by atoms with Crippen molar-refractivity contribution in [2.24, 2.45) is 11.8 Å². The third-order valence-electron chi connectivity index (χ3n) is 9.99. The lowest BCUT2D eigenvalue weighted by atomic mass is 9.88. The number of allylic oxidation sites excluding steroid dienone is 3. The second kappa shape index (κ2) is 32.9. The maximum atomic E-state index is 12.6. The van der Waals surface area contributed by atoms with Gasteiger partial charge in [-0.2, -0.15) is 0 Å². The van der Waals surface area contributed by atoms with Gasteiger partial charge in [0.2, 0.25) is 0 Å². The molecule has 5 N–H and O–H groups in total. The highest BCUT2D eigenvalue weighted by Gasteiger charge is 2.39. The van der Waals surface area contributed by atoms with Crippen molar-refractivity contribution in [1.82, 2.24) is 0 Å². The van der Waals surface area contributed by atoms with E-state index in [1.807, 2.05) is 0 Å². The molecule has 1 fully saturated rings. The highest BCUT2D eigenvalue weighted by atomic mass is 31.2. The molecule has 1 unspecified atom stereocenters. The first kappa shape index (κ1) is 52.1. The number of esters is 2. The van der Waals surface area contributed by atoms with Crippen molar-refractivity contribution in [3.8, 4) is 0 Å². The van der Waals surface area contributed by atoms with Crippen molar-refractivity contribution < 1.29 is 62.8 Å². The maximum Gasteiger partial charge on any atom is 0.472 e. The van der Waals surface area contributed by atoms with E-state index in [0.29, 0.717) is 32.1 Å². The number of aliphatic hydroxyl groups is 4. The highest BCUT2D eigenvalue weighted by molar-refractivity contribution is 7.47. The first-order valence-corrected chi connectivity index (χ1v) is 22.9. The Kier molecular flexibility index (Phi) is 30.6. The Labute approximate surface area is 336 Å². The van der Waals surface area contributed by atoms with Crippen LogP contribution in [0.1, 0.15) is 162 Å². The summed E-state index contributed by atoms with van der Waals surface area (Å²) in [5.74, 6) is -1.71. The van der Waals surface area contributed by atoms with Crippen LogP contribution < -0.4 is 0 Å². The van der Waals surface area contributed by atoms with Gasteiger partial charge in [-0.05, 0) is 57.3 Å². The minimum atomic E-state index is -4.67. The first-order chi connectivity index (χ1) is 26.9. The number of hydrogen-bond acceptors (Lipinski definition) is 12. The number of hydrogen-bond donors (Lipinski definition) is 5. The predicted octanol–water partition coefficient (Wildman–Crippen LogP) is 7.59. The van der Waals surface area contributed by atoms with Gasteiger partial charge in [0.05, 0.1) is 32.0 Å². The number of aliphatic hydroxyl groups excluding tert-OH is 4. The molecule has 1 aliphatic carbocycles. The number of rotatable bonds is 36. The third kappa shape index (κ3) is 26.9. The topological polar surface area (TPSA) is 206 Å². The molecule has 0 spiro atoms. The van der Waals surface area contributed by atoms with E-state index in [1.165, 1.54) is 25.7 Å². The van der Waals surface area contributed by atoms with Crippen molar-refractivity contribution in [2.45, 2.75) is 186 Å². The highest BCUT2D eigenvalue weighted by Crippen LogP contribution is 2.43. The van der Waals surface area contributed by atoms with Gasteiger partial charge in [-0.25, -0.2) is 4.57 Å². The summed E-state index contributed by atoms with van der Waals surface area (Å²) >= 11 is 0. The van der Waals surface area contributed by atoms with E-state index in [2.05, 4.69) is 30.5 Å². The number of carbonyl (C=O) groups excluding carboxylic acids is 3. The third-order valence-corrected chi connectivity index (χ3v) is 10.9. The molecule has 0 aromatic rings. The van der Waals surface area contributed by atoms with E-state index >= 15 is 0 Å². The maximum absolute atomic E-state index is 12.6. The van der Waals surface area contributed by atoms with E-state index in [0.717, 1.165) is 70.6 Å². The van der Waals surface area contributed by atoms with Crippen molar-refractivity contribution >= 4 is 25.5 Å². The molecule has 0 aromatic carbocycles. The molecule has 0 aromatic heterocycles. The molecule has 326 valence electrons. The zero-order valence-corrected chi connectivity index (χ0v) is 35.2. The fourth-order valence-electron chi connectivity index (χ4n) is 6.60. The van der Waals surface area contributed by atoms with Gasteiger partial charge in [-0.15, -0.1) is 0 Å². The minimum Gasteiger partial charge on any atom is -0.462 e. The molecule has 0 saturated heterocycles. The van der Waals surface area contributed by atoms with Crippen LogP contribution in [0, 0.1) is 11.8 Å². The van der Waals surface area contributed by atoms with E-state index in [9.17, 15) is 39.2 Å². The van der Waals surface area contributed by atoms with Gasteiger partial charge in [0.1, 0.15) is 18.5 Å². The zero-order valence-electron chi connectivity index (χ0n) is 34.3. The number of Topliss-reactive ketones (excluding diaryl/α,β-unsaturated/α-hetero) is 1. The van der Waals surface area contributed by atoms with Crippen LogP contribution in [-0.2, 0) is 37.5 Å². The monoisotopic (exact) mass is 818 g/mol. The predicted molar refractivity (Wildman–Crippen MR) is 215 cm³/mol. The van der Waals surface area contributed by atoms with E-state index in [-0.39, 0.29) is 31.0 Å². The quantitative estimate of drug-likeness (QED) is 0.0179. The number of unbranched alkanes of at least 4 members (excludes halogenated alkanes) is 14. The van der Waals surface area contributed by atoms with Crippen LogP contribution in [0.25, 0.3) is 0 Å². The normalized spacial score (nSPS) is 20.1. The van der Waals surface area contributed by atoms with Crippen LogP contribution in [0.2, 0.25) is 0 Å². The summed E-state index contributed by atoms with van der Waals surface area (Å²) in [6.45, 7) is 1.98. The molecule has 13 nitrogen and oxygen atoms in total. The largest absolute Gasteiger partial charge is 0.472 e. The molecule has 1 rings (SSSR count). The van der Waals surface area contributed by atoms with Gasteiger partial charge in [-0.3, -0.25) is 23.4 Å². The molecule has 1 saturated carbocycles. The molecule has 0 heterocycles. The standard InChI is InChI=1S/C42H75O13P/c1-3-5-7-8-9-10-11-12-13-14-15-16-22-26-42(49)55-36(33-54-56(50,51)53-31-35(45)30-43)32-52-41(48)25-21-18-17-20-24-37-38(40(47)29-39(37)46)28-27-34(44)23-19-6-4-2/h10-11,27-28,34-39,43-46H,3-9,12-26,29-33H2,1-2H3,(H,50,51)/b11-10-,28-27+/t34-,35-,36+,37+,38+,39-/m0/s1. The molecular formula is C42H75O13P. The SMILES string of the molecule is CCCCCC/C=C\CCCCCCCC(=O)O[C@H](COC(=O)CCCCCC[C@H]1[C@@H](O)CC(=O)[C@@H]1/C=C/[C@@H](O)CCCCC)COP(=O)(O)OC[C@@H](O)CO. The summed E-state index contributed by atoms with van der Waals surface area (Å²) in [5, 5.41) is 39.1. The van der Waals surface area contributed by atoms with Gasteiger partial charge < -0.3 is 34.8 Å². The number of ketones is 1. The van der Waals surface area contributed by atoms with Gasteiger partial charge in [0, 0.05) is 25.2 Å². The number of ether oxygens (including phenoxy) is 2. The Balaban J connectivity index is 2.46. The average Bonchev–Trinajstić information content (AvgIpc) is 3.44. The number of carbonyl (C=O) groups is 3. The Morgan fingerprint density at radius 1 is 0.786 bits per heavy atom. The fraction of sp³-hybridized carbons (Fsp3) is 0.833. The molecule has 56 heavy (non-hydrogen) atoms. The van der Waals surface area contributed by atoms with Crippen molar-refractivity contribution in [1.29, 1.82) is 0 Å². The van der Waals surface area contributed by atoms with E-state index < -0.39 is 76.5 Å². The lowest BCUT2D eigenvalue weighted by molar-refractivity contribution is -0.161. The van der Waals surface area contributed by atoms with Crippen LogP contribution in [0.3, 0.4) is 0 Å². The molecular weight excluding hydrogens is 743 g/mol. The average molecular weight is 819 g/mol. The summed E-state index contributed by atoms with van der Waals surface area (Å²) < 4.78 is 32.6. The van der Waals surface area contributed by atoms with Crippen LogP contribution in [0.5, 0.6) is 0 Å². The first-order valence-electron chi connectivity index (χ1n) is 21.4. The molecule has 0 amide bonds. The molecule has 14 heteroatoms. The Bertz CT molecular complexity index is 1150. The molecule has 7 atom stereocenters. The van der Waals surface area contributed by atoms with E-state index in [1.54, 1.807) is 12.2 Å². The van der Waals surface area contributed by atoms with Crippen LogP contribution in [0.15, 0.2) is 24.3 Å². The smallest absolute Gasteiger partial charge is 0.462 e. The Hall–Kier alpha value is -1.96. The fourth-order valence-corrected chi connectivity index (χ4v) is 7.39. The van der Waals surface area contributed by atoms with Crippen molar-refractivity contribution in [3.63, 3.8) is 0 Å². The van der Waals surface area contributed by atoms with Gasteiger partial charge in [0.15, 0.2) is 6.10 Å². The molecule has 0 aliphatic heterocycles. The van der Waals surface area contributed by atoms with Gasteiger partial charge in [0.25, 0.3) is 0 Å².